The predicted molar refractivity (Wildman–Crippen MR) is 87.8 cm³/mol. The van der Waals surface area contributed by atoms with Gasteiger partial charge in [-0.15, -0.1) is 0 Å². The summed E-state index contributed by atoms with van der Waals surface area (Å²) in [5.41, 5.74) is 0.913. The predicted octanol–water partition coefficient (Wildman–Crippen LogP) is 4.08. The zero-order chi connectivity index (χ0) is 16.4. The summed E-state index contributed by atoms with van der Waals surface area (Å²) in [6.45, 7) is 0. The number of halogens is 1. The summed E-state index contributed by atoms with van der Waals surface area (Å²) in [6.07, 6.45) is 1.50. The number of imide groups is 1. The van der Waals surface area contributed by atoms with Crippen LogP contribution in [0.15, 0.2) is 53.4 Å². The number of methoxy groups -OCH3 is 1. The third-order valence-electron chi connectivity index (χ3n) is 3.27. The van der Waals surface area contributed by atoms with Gasteiger partial charge in [-0.25, -0.2) is 9.29 Å². The second-order valence-electron chi connectivity index (χ2n) is 4.74. The lowest BCUT2D eigenvalue weighted by Crippen LogP contribution is -2.28. The van der Waals surface area contributed by atoms with Crippen LogP contribution in [0, 0.1) is 5.82 Å². The van der Waals surface area contributed by atoms with Crippen molar-refractivity contribution < 1.29 is 18.7 Å². The lowest BCUT2D eigenvalue weighted by atomic mass is 10.2. The Morgan fingerprint density at radius 2 is 1.91 bits per heavy atom. The molecule has 116 valence electrons. The summed E-state index contributed by atoms with van der Waals surface area (Å²) < 4.78 is 18.4. The van der Waals surface area contributed by atoms with E-state index in [0.717, 1.165) is 16.7 Å². The molecule has 1 aliphatic heterocycles. The Morgan fingerprint density at radius 3 is 2.65 bits per heavy atom. The topological polar surface area (TPSA) is 46.6 Å². The van der Waals surface area contributed by atoms with Gasteiger partial charge in [0.2, 0.25) is 0 Å². The molecule has 0 spiro atoms. The van der Waals surface area contributed by atoms with Gasteiger partial charge in [0.1, 0.15) is 11.6 Å². The fourth-order valence-corrected chi connectivity index (χ4v) is 3.07. The van der Waals surface area contributed by atoms with Gasteiger partial charge in [-0.2, -0.15) is 0 Å². The summed E-state index contributed by atoms with van der Waals surface area (Å²) in [4.78, 5) is 26.1. The molecular formula is C17H12FNO3S. The Morgan fingerprint density at radius 1 is 1.13 bits per heavy atom. The molecule has 2 aromatic carbocycles. The summed E-state index contributed by atoms with van der Waals surface area (Å²) in [6, 6.07) is 12.6. The summed E-state index contributed by atoms with van der Waals surface area (Å²) in [5.74, 6) is -0.418. The standard InChI is InChI=1S/C17H12FNO3S/c1-22-14-8-3-2-7-13(14)19-16(20)15(23-17(19)21)10-11-5-4-6-12(18)9-11/h2-10H,1H3/b15-10-. The van der Waals surface area contributed by atoms with Gasteiger partial charge in [-0.3, -0.25) is 9.59 Å². The first-order valence-corrected chi connectivity index (χ1v) is 7.58. The number of para-hydroxylation sites is 2. The van der Waals surface area contributed by atoms with E-state index >= 15 is 0 Å². The number of thioether (sulfide) groups is 1. The number of rotatable bonds is 3. The lowest BCUT2D eigenvalue weighted by molar-refractivity contribution is -0.113. The Balaban J connectivity index is 1.97. The van der Waals surface area contributed by atoms with Gasteiger partial charge in [-0.1, -0.05) is 24.3 Å². The molecule has 0 saturated carbocycles. The molecule has 4 nitrogen and oxygen atoms in total. The van der Waals surface area contributed by atoms with E-state index in [0.29, 0.717) is 17.0 Å². The van der Waals surface area contributed by atoms with E-state index < -0.39 is 17.0 Å². The van der Waals surface area contributed by atoms with Crippen molar-refractivity contribution in [3.63, 3.8) is 0 Å². The van der Waals surface area contributed by atoms with Crippen LogP contribution < -0.4 is 9.64 Å². The van der Waals surface area contributed by atoms with Gasteiger partial charge in [0.25, 0.3) is 11.1 Å². The van der Waals surface area contributed by atoms with Crippen LogP contribution in [-0.2, 0) is 4.79 Å². The number of carbonyl (C=O) groups excluding carboxylic acids is 2. The number of hydrogen-bond donors (Lipinski definition) is 0. The van der Waals surface area contributed by atoms with Crippen molar-refractivity contribution in [1.82, 2.24) is 0 Å². The van der Waals surface area contributed by atoms with Crippen molar-refractivity contribution in [2.24, 2.45) is 0 Å². The average molecular weight is 329 g/mol. The molecule has 6 heteroatoms. The van der Waals surface area contributed by atoms with E-state index in [9.17, 15) is 14.0 Å². The third-order valence-corrected chi connectivity index (χ3v) is 4.14. The van der Waals surface area contributed by atoms with Crippen molar-refractivity contribution in [3.8, 4) is 5.75 Å². The first-order valence-electron chi connectivity index (χ1n) is 6.76. The van der Waals surface area contributed by atoms with Crippen LogP contribution in [-0.4, -0.2) is 18.3 Å². The number of nitrogens with zero attached hydrogens (tertiary/aromatic N) is 1. The maximum atomic E-state index is 13.2. The van der Waals surface area contributed by atoms with Crippen LogP contribution in [0.1, 0.15) is 5.56 Å². The molecule has 2 amide bonds. The Kier molecular flexibility index (Phi) is 4.16. The molecule has 1 aliphatic rings. The molecule has 0 unspecified atom stereocenters. The van der Waals surface area contributed by atoms with E-state index in [-0.39, 0.29) is 4.91 Å². The first-order chi connectivity index (χ1) is 11.1. The Hall–Kier alpha value is -2.60. The maximum Gasteiger partial charge on any atom is 0.298 e. The van der Waals surface area contributed by atoms with Crippen LogP contribution in [0.2, 0.25) is 0 Å². The monoisotopic (exact) mass is 329 g/mol. The molecule has 0 bridgehead atoms. The van der Waals surface area contributed by atoms with Gasteiger partial charge in [0, 0.05) is 0 Å². The number of benzene rings is 2. The third kappa shape index (κ3) is 2.98. The normalized spacial score (nSPS) is 16.3. The zero-order valence-electron chi connectivity index (χ0n) is 12.2. The Bertz CT molecular complexity index is 819. The molecule has 1 saturated heterocycles. The quantitative estimate of drug-likeness (QED) is 0.796. The minimum Gasteiger partial charge on any atom is -0.495 e. The van der Waals surface area contributed by atoms with Crippen molar-refractivity contribution in [3.05, 3.63) is 64.8 Å². The lowest BCUT2D eigenvalue weighted by Gasteiger charge is -2.15. The van der Waals surface area contributed by atoms with Crippen LogP contribution in [0.4, 0.5) is 14.9 Å². The van der Waals surface area contributed by atoms with E-state index in [2.05, 4.69) is 0 Å². The molecule has 1 heterocycles. The second kappa shape index (κ2) is 6.26. The van der Waals surface area contributed by atoms with Crippen LogP contribution in [0.5, 0.6) is 5.75 Å². The van der Waals surface area contributed by atoms with Crippen LogP contribution in [0.3, 0.4) is 0 Å². The number of anilines is 1. The van der Waals surface area contributed by atoms with Crippen LogP contribution in [0.25, 0.3) is 6.08 Å². The molecule has 23 heavy (non-hydrogen) atoms. The van der Waals surface area contributed by atoms with Gasteiger partial charge in [0.05, 0.1) is 17.7 Å². The largest absolute Gasteiger partial charge is 0.495 e. The highest BCUT2D eigenvalue weighted by molar-refractivity contribution is 8.19. The SMILES string of the molecule is COc1ccccc1N1C(=O)S/C(=C\c2cccc(F)c2)C1=O. The van der Waals surface area contributed by atoms with Gasteiger partial charge in [0.15, 0.2) is 0 Å². The molecule has 0 aromatic heterocycles. The molecule has 3 rings (SSSR count). The van der Waals surface area contributed by atoms with Crippen molar-refractivity contribution >= 4 is 34.7 Å². The van der Waals surface area contributed by atoms with Crippen molar-refractivity contribution in [2.75, 3.05) is 12.0 Å². The van der Waals surface area contributed by atoms with E-state index in [1.54, 1.807) is 36.4 Å². The maximum absolute atomic E-state index is 13.2. The first kappa shape index (κ1) is 15.3. The molecule has 1 fully saturated rings. The zero-order valence-corrected chi connectivity index (χ0v) is 13.0. The number of ether oxygens (including phenoxy) is 1. The highest BCUT2D eigenvalue weighted by atomic mass is 32.2. The van der Waals surface area contributed by atoms with Crippen LogP contribution >= 0.6 is 11.8 Å². The van der Waals surface area contributed by atoms with E-state index in [1.807, 2.05) is 0 Å². The molecular weight excluding hydrogens is 317 g/mol. The summed E-state index contributed by atoms with van der Waals surface area (Å²) in [5, 5.41) is -0.415. The minimum absolute atomic E-state index is 0.242. The highest BCUT2D eigenvalue weighted by Gasteiger charge is 2.37. The number of hydrogen-bond acceptors (Lipinski definition) is 4. The fraction of sp³-hybridized carbons (Fsp3) is 0.0588. The van der Waals surface area contributed by atoms with Gasteiger partial charge in [-0.05, 0) is 47.7 Å². The highest BCUT2D eigenvalue weighted by Crippen LogP contribution is 2.39. The molecule has 2 aromatic rings. The molecule has 0 N–H and O–H groups in total. The number of carbonyl (C=O) groups is 2. The summed E-state index contributed by atoms with van der Waals surface area (Å²) >= 11 is 0.817. The number of amides is 2. The van der Waals surface area contributed by atoms with Gasteiger partial charge < -0.3 is 4.74 Å². The molecule has 0 atom stereocenters. The fourth-order valence-electron chi connectivity index (χ4n) is 2.24. The van der Waals surface area contributed by atoms with E-state index in [4.69, 9.17) is 4.74 Å². The van der Waals surface area contributed by atoms with Crippen molar-refractivity contribution in [1.29, 1.82) is 0 Å². The van der Waals surface area contributed by atoms with Crippen molar-refractivity contribution in [2.45, 2.75) is 0 Å². The van der Waals surface area contributed by atoms with Gasteiger partial charge >= 0.3 is 0 Å². The molecule has 0 aliphatic carbocycles. The summed E-state index contributed by atoms with van der Waals surface area (Å²) in [7, 11) is 1.47. The smallest absolute Gasteiger partial charge is 0.298 e. The second-order valence-corrected chi connectivity index (χ2v) is 5.74. The van der Waals surface area contributed by atoms with E-state index in [1.165, 1.54) is 25.3 Å². The Labute approximate surface area is 136 Å². The minimum atomic E-state index is -0.450. The molecule has 0 radical (unpaired) electrons. The average Bonchev–Trinajstić information content (AvgIpc) is 2.81.